The molecule has 1 N–H and O–H groups in total. The third-order valence-corrected chi connectivity index (χ3v) is 4.99. The van der Waals surface area contributed by atoms with E-state index in [9.17, 15) is 4.79 Å². The Bertz CT molecular complexity index is 1450. The number of oxazole rings is 1. The highest BCUT2D eigenvalue weighted by Gasteiger charge is 2.17. The van der Waals surface area contributed by atoms with Crippen molar-refractivity contribution in [2.45, 2.75) is 20.4 Å². The standard InChI is InChI=1S/C21H18N6O2/c1-4-16-12(3)29-21(25-16)15-11-23-27-19(28)9-17(24-20(15)27)13-6-7-18-14(8-13)10-22-26(18)5-2/h4,6-11,23H,1,5H2,2-3H3. The van der Waals surface area contributed by atoms with Gasteiger partial charge in [0, 0.05) is 29.8 Å². The normalized spacial score (nSPS) is 11.5. The molecule has 1 aromatic carbocycles. The van der Waals surface area contributed by atoms with E-state index in [2.05, 4.69) is 21.8 Å². The molecular weight excluding hydrogens is 368 g/mol. The summed E-state index contributed by atoms with van der Waals surface area (Å²) in [5.41, 5.74) is 3.98. The molecule has 144 valence electrons. The van der Waals surface area contributed by atoms with Crippen LogP contribution in [0.15, 0.2) is 52.4 Å². The Morgan fingerprint density at radius 1 is 1.28 bits per heavy atom. The van der Waals surface area contributed by atoms with Gasteiger partial charge in [-0.3, -0.25) is 14.6 Å². The molecule has 0 bridgehead atoms. The lowest BCUT2D eigenvalue weighted by molar-refractivity contribution is 0.542. The minimum atomic E-state index is -0.215. The molecule has 0 radical (unpaired) electrons. The summed E-state index contributed by atoms with van der Waals surface area (Å²) < 4.78 is 9.05. The Hall–Kier alpha value is -3.94. The predicted octanol–water partition coefficient (Wildman–Crippen LogP) is 3.67. The number of hydrogen-bond donors (Lipinski definition) is 1. The van der Waals surface area contributed by atoms with Crippen molar-refractivity contribution >= 4 is 22.6 Å². The molecule has 5 rings (SSSR count). The number of aromatic amines is 1. The summed E-state index contributed by atoms with van der Waals surface area (Å²) in [6.45, 7) is 8.40. The van der Waals surface area contributed by atoms with Crippen molar-refractivity contribution in [1.29, 1.82) is 0 Å². The summed E-state index contributed by atoms with van der Waals surface area (Å²) >= 11 is 0. The minimum Gasteiger partial charge on any atom is -0.441 e. The molecule has 0 aliphatic carbocycles. The van der Waals surface area contributed by atoms with Crippen LogP contribution in [0.25, 0.3) is 45.3 Å². The molecule has 0 saturated carbocycles. The lowest BCUT2D eigenvalue weighted by atomic mass is 10.1. The average Bonchev–Trinajstić information content (AvgIpc) is 3.43. The fraction of sp³-hybridized carbons (Fsp3) is 0.143. The molecule has 0 spiro atoms. The molecule has 4 aromatic heterocycles. The first-order valence-corrected chi connectivity index (χ1v) is 9.26. The lowest BCUT2D eigenvalue weighted by Crippen LogP contribution is -2.14. The zero-order chi connectivity index (χ0) is 20.1. The maximum absolute atomic E-state index is 12.7. The second kappa shape index (κ2) is 6.30. The zero-order valence-corrected chi connectivity index (χ0v) is 16.0. The maximum Gasteiger partial charge on any atom is 0.273 e. The number of aryl methyl sites for hydroxylation is 2. The van der Waals surface area contributed by atoms with Gasteiger partial charge in [-0.1, -0.05) is 12.6 Å². The van der Waals surface area contributed by atoms with Gasteiger partial charge in [-0.05, 0) is 32.1 Å². The Morgan fingerprint density at radius 3 is 2.90 bits per heavy atom. The molecule has 4 heterocycles. The van der Waals surface area contributed by atoms with Crippen LogP contribution in [0, 0.1) is 6.92 Å². The topological polar surface area (TPSA) is 94.0 Å². The zero-order valence-electron chi connectivity index (χ0n) is 16.0. The van der Waals surface area contributed by atoms with E-state index in [-0.39, 0.29) is 5.56 Å². The highest BCUT2D eigenvalue weighted by Crippen LogP contribution is 2.27. The quantitative estimate of drug-likeness (QED) is 0.509. The monoisotopic (exact) mass is 386 g/mol. The van der Waals surface area contributed by atoms with E-state index < -0.39 is 0 Å². The van der Waals surface area contributed by atoms with Crippen molar-refractivity contribution in [2.75, 3.05) is 0 Å². The van der Waals surface area contributed by atoms with E-state index in [1.165, 1.54) is 10.6 Å². The third kappa shape index (κ3) is 2.60. The van der Waals surface area contributed by atoms with Crippen LogP contribution in [0.3, 0.4) is 0 Å². The van der Waals surface area contributed by atoms with Gasteiger partial charge in [-0.15, -0.1) is 0 Å². The van der Waals surface area contributed by atoms with E-state index in [0.29, 0.717) is 34.2 Å². The van der Waals surface area contributed by atoms with E-state index >= 15 is 0 Å². The van der Waals surface area contributed by atoms with Crippen molar-refractivity contribution in [1.82, 2.24) is 29.4 Å². The van der Waals surface area contributed by atoms with Gasteiger partial charge in [0.25, 0.3) is 5.56 Å². The van der Waals surface area contributed by atoms with Gasteiger partial charge in [0.15, 0.2) is 5.65 Å². The summed E-state index contributed by atoms with van der Waals surface area (Å²) in [6, 6.07) is 7.45. The lowest BCUT2D eigenvalue weighted by Gasteiger charge is -2.04. The predicted molar refractivity (Wildman–Crippen MR) is 111 cm³/mol. The van der Waals surface area contributed by atoms with Crippen LogP contribution in [0.5, 0.6) is 0 Å². The van der Waals surface area contributed by atoms with Gasteiger partial charge < -0.3 is 4.42 Å². The van der Waals surface area contributed by atoms with Gasteiger partial charge >= 0.3 is 0 Å². The fourth-order valence-corrected chi connectivity index (χ4v) is 3.50. The smallest absolute Gasteiger partial charge is 0.273 e. The number of rotatable bonds is 4. The van der Waals surface area contributed by atoms with Gasteiger partial charge in [0.05, 0.1) is 23.0 Å². The molecule has 5 aromatic rings. The van der Waals surface area contributed by atoms with E-state index in [4.69, 9.17) is 9.40 Å². The molecule has 0 atom stereocenters. The van der Waals surface area contributed by atoms with E-state index in [1.54, 1.807) is 12.3 Å². The van der Waals surface area contributed by atoms with Gasteiger partial charge in [0.2, 0.25) is 5.89 Å². The molecule has 0 aliphatic rings. The van der Waals surface area contributed by atoms with Gasteiger partial charge in [-0.2, -0.15) is 5.10 Å². The molecular formula is C21H18N6O2. The summed E-state index contributed by atoms with van der Waals surface area (Å²) in [7, 11) is 0. The summed E-state index contributed by atoms with van der Waals surface area (Å²) in [6.07, 6.45) is 5.12. The molecule has 0 fully saturated rings. The number of nitrogens with zero attached hydrogens (tertiary/aromatic N) is 5. The molecule has 0 aliphatic heterocycles. The van der Waals surface area contributed by atoms with Crippen LogP contribution in [0.1, 0.15) is 18.4 Å². The molecule has 0 unspecified atom stereocenters. The first-order chi connectivity index (χ1) is 14.1. The van der Waals surface area contributed by atoms with Crippen molar-refractivity contribution in [3.63, 3.8) is 0 Å². The van der Waals surface area contributed by atoms with Crippen molar-refractivity contribution in [2.24, 2.45) is 0 Å². The number of aromatic nitrogens is 6. The molecule has 8 nitrogen and oxygen atoms in total. The molecule has 0 amide bonds. The summed E-state index contributed by atoms with van der Waals surface area (Å²) in [5, 5.41) is 8.30. The van der Waals surface area contributed by atoms with Crippen LogP contribution in [0.4, 0.5) is 0 Å². The second-order valence-electron chi connectivity index (χ2n) is 6.72. The van der Waals surface area contributed by atoms with Gasteiger partial charge in [0.1, 0.15) is 11.5 Å². The Labute approximate surface area is 165 Å². The van der Waals surface area contributed by atoms with Crippen molar-refractivity contribution in [3.8, 4) is 22.7 Å². The first-order valence-electron chi connectivity index (χ1n) is 9.26. The Morgan fingerprint density at radius 2 is 2.14 bits per heavy atom. The SMILES string of the molecule is C=Cc1nc(-c2c[nH]n3c(=O)cc(-c4ccc5c(cnn5CC)c4)nc23)oc1C. The maximum atomic E-state index is 12.7. The number of H-pyrrole nitrogens is 1. The number of benzene rings is 1. The van der Waals surface area contributed by atoms with Crippen LogP contribution in [0.2, 0.25) is 0 Å². The van der Waals surface area contributed by atoms with Crippen LogP contribution < -0.4 is 5.56 Å². The van der Waals surface area contributed by atoms with Crippen molar-refractivity contribution in [3.05, 3.63) is 65.0 Å². The van der Waals surface area contributed by atoms with Crippen LogP contribution in [-0.2, 0) is 6.54 Å². The third-order valence-electron chi connectivity index (χ3n) is 4.99. The molecule has 8 heteroatoms. The first kappa shape index (κ1) is 17.2. The highest BCUT2D eigenvalue weighted by atomic mass is 16.4. The largest absolute Gasteiger partial charge is 0.441 e. The fourth-order valence-electron chi connectivity index (χ4n) is 3.50. The number of hydrogen-bond acceptors (Lipinski definition) is 5. The van der Waals surface area contributed by atoms with Gasteiger partial charge in [-0.25, -0.2) is 14.5 Å². The molecule has 29 heavy (non-hydrogen) atoms. The average molecular weight is 386 g/mol. The number of nitrogens with one attached hydrogen (secondary N) is 1. The van der Waals surface area contributed by atoms with E-state index in [1.807, 2.05) is 42.9 Å². The minimum absolute atomic E-state index is 0.215. The van der Waals surface area contributed by atoms with Crippen LogP contribution in [-0.4, -0.2) is 29.4 Å². The summed E-state index contributed by atoms with van der Waals surface area (Å²) in [4.78, 5) is 21.8. The number of fused-ring (bicyclic) bond motifs is 2. The second-order valence-corrected chi connectivity index (χ2v) is 6.72. The van der Waals surface area contributed by atoms with E-state index in [0.717, 1.165) is 23.0 Å². The molecule has 0 saturated heterocycles. The Kier molecular flexibility index (Phi) is 3.73. The van der Waals surface area contributed by atoms with Crippen molar-refractivity contribution < 1.29 is 4.42 Å². The summed E-state index contributed by atoms with van der Waals surface area (Å²) in [5.74, 6) is 1.05. The van der Waals surface area contributed by atoms with Crippen LogP contribution >= 0.6 is 0 Å². The highest BCUT2D eigenvalue weighted by molar-refractivity contribution is 5.84. The Balaban J connectivity index is 1.69.